The summed E-state index contributed by atoms with van der Waals surface area (Å²) in [4.78, 5) is 8.89. The highest BCUT2D eigenvalue weighted by atomic mass is 16.5. The minimum Gasteiger partial charge on any atom is -0.491 e. The lowest BCUT2D eigenvalue weighted by atomic mass is 10.1. The van der Waals surface area contributed by atoms with E-state index in [1.165, 1.54) is 0 Å². The van der Waals surface area contributed by atoms with Gasteiger partial charge < -0.3 is 14.8 Å². The minimum absolute atomic E-state index is 0.141. The predicted octanol–water partition coefficient (Wildman–Crippen LogP) is 3.12. The summed E-state index contributed by atoms with van der Waals surface area (Å²) in [5.41, 5.74) is 1.83. The lowest BCUT2D eigenvalue weighted by Gasteiger charge is -2.12. The van der Waals surface area contributed by atoms with Gasteiger partial charge >= 0.3 is 0 Å². The summed E-state index contributed by atoms with van der Waals surface area (Å²) >= 11 is 0. The largest absolute Gasteiger partial charge is 0.491 e. The normalized spacial score (nSPS) is 10.7. The van der Waals surface area contributed by atoms with E-state index in [-0.39, 0.29) is 6.10 Å². The zero-order valence-electron chi connectivity index (χ0n) is 12.9. The molecule has 112 valence electrons. The van der Waals surface area contributed by atoms with Crippen molar-refractivity contribution in [3.8, 4) is 17.0 Å². The van der Waals surface area contributed by atoms with Crippen LogP contribution >= 0.6 is 0 Å². The Balaban J connectivity index is 2.38. The standard InChI is InChI=1S/C16H21N3O2/c1-11(2)21-13-7-5-6-12(8-13)14-9-15(17-3)19-16(18-14)10-20-4/h5-9,11H,10H2,1-4H3,(H,17,18,19). The van der Waals surface area contributed by atoms with Gasteiger partial charge in [0.05, 0.1) is 11.8 Å². The molecule has 5 heteroatoms. The molecule has 2 aromatic rings. The number of ether oxygens (including phenoxy) is 2. The van der Waals surface area contributed by atoms with Gasteiger partial charge in [0.25, 0.3) is 0 Å². The molecule has 1 aromatic heterocycles. The second kappa shape index (κ2) is 7.04. The summed E-state index contributed by atoms with van der Waals surface area (Å²) in [5.74, 6) is 2.25. The summed E-state index contributed by atoms with van der Waals surface area (Å²) in [6.45, 7) is 4.39. The number of rotatable bonds is 6. The van der Waals surface area contributed by atoms with Gasteiger partial charge in [-0.2, -0.15) is 0 Å². The molecule has 0 saturated heterocycles. The van der Waals surface area contributed by atoms with Crippen LogP contribution in [0.2, 0.25) is 0 Å². The molecular formula is C16H21N3O2. The van der Waals surface area contributed by atoms with Crippen LogP contribution in [0.15, 0.2) is 30.3 Å². The summed E-state index contributed by atoms with van der Waals surface area (Å²) in [6, 6.07) is 9.81. The second-order valence-electron chi connectivity index (χ2n) is 4.93. The van der Waals surface area contributed by atoms with Crippen LogP contribution in [0.25, 0.3) is 11.3 Å². The highest BCUT2D eigenvalue weighted by Gasteiger charge is 2.07. The number of hydrogen-bond acceptors (Lipinski definition) is 5. The van der Waals surface area contributed by atoms with Crippen molar-refractivity contribution in [3.05, 3.63) is 36.2 Å². The molecule has 0 amide bonds. The summed E-state index contributed by atoms with van der Waals surface area (Å²) in [6.07, 6.45) is 0.141. The average Bonchev–Trinajstić information content (AvgIpc) is 2.47. The van der Waals surface area contributed by atoms with Crippen molar-refractivity contribution in [1.82, 2.24) is 9.97 Å². The SMILES string of the molecule is CNc1cc(-c2cccc(OC(C)C)c2)nc(COC)n1. The molecule has 5 nitrogen and oxygen atoms in total. The Kier molecular flexibility index (Phi) is 5.11. The monoisotopic (exact) mass is 287 g/mol. The molecule has 0 aliphatic carbocycles. The van der Waals surface area contributed by atoms with E-state index in [0.717, 1.165) is 22.8 Å². The molecule has 1 heterocycles. The van der Waals surface area contributed by atoms with E-state index in [4.69, 9.17) is 9.47 Å². The third-order valence-corrected chi connectivity index (χ3v) is 2.80. The zero-order chi connectivity index (χ0) is 15.2. The molecule has 0 aliphatic heterocycles. The molecule has 0 radical (unpaired) electrons. The number of nitrogens with one attached hydrogen (secondary N) is 1. The van der Waals surface area contributed by atoms with Crippen molar-refractivity contribution in [2.75, 3.05) is 19.5 Å². The maximum atomic E-state index is 5.73. The zero-order valence-corrected chi connectivity index (χ0v) is 12.9. The van der Waals surface area contributed by atoms with Crippen molar-refractivity contribution in [2.24, 2.45) is 0 Å². The first kappa shape index (κ1) is 15.3. The summed E-state index contributed by atoms with van der Waals surface area (Å²) < 4.78 is 10.8. The lowest BCUT2D eigenvalue weighted by Crippen LogP contribution is -2.06. The van der Waals surface area contributed by atoms with Crippen molar-refractivity contribution < 1.29 is 9.47 Å². The fourth-order valence-electron chi connectivity index (χ4n) is 1.97. The van der Waals surface area contributed by atoms with Crippen LogP contribution in [0.4, 0.5) is 5.82 Å². The van der Waals surface area contributed by atoms with Crippen molar-refractivity contribution in [2.45, 2.75) is 26.6 Å². The lowest BCUT2D eigenvalue weighted by molar-refractivity contribution is 0.178. The fraction of sp³-hybridized carbons (Fsp3) is 0.375. The summed E-state index contributed by atoms with van der Waals surface area (Å²) in [5, 5.41) is 3.04. The van der Waals surface area contributed by atoms with Crippen LogP contribution in [0.3, 0.4) is 0 Å². The first-order chi connectivity index (χ1) is 10.1. The molecule has 1 aromatic carbocycles. The molecule has 0 spiro atoms. The first-order valence-corrected chi connectivity index (χ1v) is 6.94. The van der Waals surface area contributed by atoms with Crippen LogP contribution in [0, 0.1) is 0 Å². The van der Waals surface area contributed by atoms with E-state index in [2.05, 4.69) is 15.3 Å². The second-order valence-corrected chi connectivity index (χ2v) is 4.93. The van der Waals surface area contributed by atoms with E-state index in [0.29, 0.717) is 12.4 Å². The number of hydrogen-bond donors (Lipinski definition) is 1. The van der Waals surface area contributed by atoms with Crippen LogP contribution in [-0.2, 0) is 11.3 Å². The van der Waals surface area contributed by atoms with Gasteiger partial charge in [-0.25, -0.2) is 9.97 Å². The Bertz CT molecular complexity index is 600. The number of aromatic nitrogens is 2. The molecule has 0 unspecified atom stereocenters. The molecule has 0 saturated carbocycles. The maximum absolute atomic E-state index is 5.73. The summed E-state index contributed by atoms with van der Waals surface area (Å²) in [7, 11) is 3.47. The Morgan fingerprint density at radius 2 is 2.00 bits per heavy atom. The maximum Gasteiger partial charge on any atom is 0.157 e. The van der Waals surface area contributed by atoms with Gasteiger partial charge in [0.1, 0.15) is 18.2 Å². The van der Waals surface area contributed by atoms with Crippen LogP contribution in [0.1, 0.15) is 19.7 Å². The third-order valence-electron chi connectivity index (χ3n) is 2.80. The highest BCUT2D eigenvalue weighted by Crippen LogP contribution is 2.24. The smallest absolute Gasteiger partial charge is 0.157 e. The average molecular weight is 287 g/mol. The van der Waals surface area contributed by atoms with E-state index in [1.807, 2.05) is 51.2 Å². The van der Waals surface area contributed by atoms with Gasteiger partial charge in [-0.05, 0) is 26.0 Å². The minimum atomic E-state index is 0.141. The molecule has 0 bridgehead atoms. The van der Waals surface area contributed by atoms with Gasteiger partial charge in [-0.15, -0.1) is 0 Å². The Morgan fingerprint density at radius 3 is 2.67 bits per heavy atom. The van der Waals surface area contributed by atoms with Crippen molar-refractivity contribution >= 4 is 5.82 Å². The third kappa shape index (κ3) is 4.16. The Labute approximate surface area is 125 Å². The van der Waals surface area contributed by atoms with Crippen LogP contribution < -0.4 is 10.1 Å². The van der Waals surface area contributed by atoms with Crippen molar-refractivity contribution in [1.29, 1.82) is 0 Å². The molecule has 1 N–H and O–H groups in total. The molecule has 21 heavy (non-hydrogen) atoms. The number of nitrogens with zero attached hydrogens (tertiary/aromatic N) is 2. The first-order valence-electron chi connectivity index (χ1n) is 6.94. The Morgan fingerprint density at radius 1 is 1.19 bits per heavy atom. The van der Waals surface area contributed by atoms with Gasteiger partial charge in [0, 0.05) is 25.8 Å². The van der Waals surface area contributed by atoms with E-state index >= 15 is 0 Å². The Hall–Kier alpha value is -2.14. The predicted molar refractivity (Wildman–Crippen MR) is 83.5 cm³/mol. The molecule has 0 atom stereocenters. The van der Waals surface area contributed by atoms with Crippen LogP contribution in [0.5, 0.6) is 5.75 Å². The van der Waals surface area contributed by atoms with Crippen molar-refractivity contribution in [3.63, 3.8) is 0 Å². The number of methoxy groups -OCH3 is 1. The van der Waals surface area contributed by atoms with E-state index in [9.17, 15) is 0 Å². The van der Waals surface area contributed by atoms with Gasteiger partial charge in [-0.3, -0.25) is 0 Å². The molecule has 0 fully saturated rings. The molecule has 0 aliphatic rings. The highest BCUT2D eigenvalue weighted by molar-refractivity contribution is 5.64. The van der Waals surface area contributed by atoms with Gasteiger partial charge in [0.15, 0.2) is 5.82 Å². The van der Waals surface area contributed by atoms with Gasteiger partial charge in [0.2, 0.25) is 0 Å². The quantitative estimate of drug-likeness (QED) is 0.884. The van der Waals surface area contributed by atoms with Crippen LogP contribution in [-0.4, -0.2) is 30.2 Å². The van der Waals surface area contributed by atoms with E-state index in [1.54, 1.807) is 7.11 Å². The topological polar surface area (TPSA) is 56.3 Å². The number of anilines is 1. The molecule has 2 rings (SSSR count). The van der Waals surface area contributed by atoms with E-state index < -0.39 is 0 Å². The number of benzene rings is 1. The van der Waals surface area contributed by atoms with Gasteiger partial charge in [-0.1, -0.05) is 12.1 Å². The molecular weight excluding hydrogens is 266 g/mol. The fourth-order valence-corrected chi connectivity index (χ4v) is 1.97.